The maximum Gasteiger partial charge on any atom is 0.253 e. The topological polar surface area (TPSA) is 88.2 Å². The van der Waals surface area contributed by atoms with E-state index in [0.29, 0.717) is 42.7 Å². The number of morpholine rings is 1. The third-order valence-corrected chi connectivity index (χ3v) is 6.86. The first-order valence-corrected chi connectivity index (χ1v) is 12.3. The summed E-state index contributed by atoms with van der Waals surface area (Å²) in [6.07, 6.45) is 3.38. The van der Waals surface area contributed by atoms with Crippen LogP contribution in [0.5, 0.6) is 0 Å². The number of amides is 3. The number of hydrogen-bond acceptors (Lipinski definition) is 6. The van der Waals surface area contributed by atoms with Crippen molar-refractivity contribution in [2.24, 2.45) is 0 Å². The summed E-state index contributed by atoms with van der Waals surface area (Å²) in [5.41, 5.74) is 1.34. The first kappa shape index (κ1) is 24.4. The highest BCUT2D eigenvalue weighted by Crippen LogP contribution is 2.26. The van der Waals surface area contributed by atoms with Crippen LogP contribution in [-0.2, 0) is 23.9 Å². The predicted octanol–water partition coefficient (Wildman–Crippen LogP) is 3.42. The molecule has 8 nitrogen and oxygen atoms in total. The molecule has 2 fully saturated rings. The van der Waals surface area contributed by atoms with Gasteiger partial charge in [-0.3, -0.25) is 14.4 Å². The van der Waals surface area contributed by atoms with Gasteiger partial charge in [0.25, 0.3) is 5.91 Å². The van der Waals surface area contributed by atoms with Crippen LogP contribution < -0.4 is 10.2 Å². The normalized spacial score (nSPS) is 20.8. The lowest BCUT2D eigenvalue weighted by Gasteiger charge is -2.27. The smallest absolute Gasteiger partial charge is 0.253 e. The Morgan fingerprint density at radius 3 is 2.74 bits per heavy atom. The number of benzene rings is 1. The molecule has 3 amide bonds. The van der Waals surface area contributed by atoms with E-state index >= 15 is 0 Å². The summed E-state index contributed by atoms with van der Waals surface area (Å²) >= 11 is 7.33. The van der Waals surface area contributed by atoms with Crippen molar-refractivity contribution in [3.8, 4) is 0 Å². The van der Waals surface area contributed by atoms with Crippen molar-refractivity contribution in [2.45, 2.75) is 25.5 Å². The molecule has 0 unspecified atom stereocenters. The predicted molar refractivity (Wildman–Crippen MR) is 132 cm³/mol. The van der Waals surface area contributed by atoms with Gasteiger partial charge in [-0.25, -0.2) is 0 Å². The van der Waals surface area contributed by atoms with Crippen LogP contribution in [0.15, 0.2) is 42.5 Å². The first-order chi connectivity index (χ1) is 16.4. The Kier molecular flexibility index (Phi) is 7.99. The lowest BCUT2D eigenvalue weighted by molar-refractivity contribution is -0.132. The fourth-order valence-corrected chi connectivity index (χ4v) is 5.02. The summed E-state index contributed by atoms with van der Waals surface area (Å²) in [6, 6.07) is 10.0. The lowest BCUT2D eigenvalue weighted by Crippen LogP contribution is -2.42. The Labute approximate surface area is 207 Å². The summed E-state index contributed by atoms with van der Waals surface area (Å²) in [7, 11) is 0. The number of halogens is 1. The molecule has 2 aliphatic heterocycles. The highest BCUT2D eigenvalue weighted by molar-refractivity contribution is 7.17. The van der Waals surface area contributed by atoms with Gasteiger partial charge in [-0.15, -0.1) is 11.3 Å². The minimum atomic E-state index is -0.652. The van der Waals surface area contributed by atoms with Crippen molar-refractivity contribution in [3.05, 3.63) is 51.7 Å². The molecular weight excluding hydrogens is 478 g/mol. The fourth-order valence-electron chi connectivity index (χ4n) is 4.05. The van der Waals surface area contributed by atoms with E-state index < -0.39 is 6.04 Å². The first-order valence-electron chi connectivity index (χ1n) is 11.1. The van der Waals surface area contributed by atoms with Gasteiger partial charge in [0.1, 0.15) is 12.6 Å². The Hall–Kier alpha value is -2.72. The third-order valence-electron chi connectivity index (χ3n) is 5.67. The van der Waals surface area contributed by atoms with E-state index in [1.165, 1.54) is 17.4 Å². The number of thiophene rings is 1. The highest BCUT2D eigenvalue weighted by Gasteiger charge is 2.39. The van der Waals surface area contributed by atoms with Crippen LogP contribution in [0.2, 0.25) is 4.34 Å². The maximum atomic E-state index is 13.1. The van der Waals surface area contributed by atoms with Gasteiger partial charge in [0.2, 0.25) is 11.8 Å². The second-order valence-corrected chi connectivity index (χ2v) is 9.68. The van der Waals surface area contributed by atoms with Crippen molar-refractivity contribution < 1.29 is 23.9 Å². The molecule has 4 rings (SSSR count). The number of ether oxygens (including phenoxy) is 2. The standard InChI is InChI=1S/C24H26ClN3O5S/c1-2-33-18-13-20(28(14-18)22(29)10-8-19-7-9-21(25)34-19)24(31)26-16-3-5-17(6-4-16)27-11-12-32-15-23(27)30/h3-10,18,20H,2,11-15H2,1H3,(H,26,31)/b10-8+/t18-,20-/m1/s1. The van der Waals surface area contributed by atoms with Crippen LogP contribution in [0.25, 0.3) is 6.08 Å². The van der Waals surface area contributed by atoms with Crippen molar-refractivity contribution in [1.82, 2.24) is 4.90 Å². The van der Waals surface area contributed by atoms with E-state index in [1.807, 2.05) is 13.0 Å². The molecule has 2 aliphatic rings. The van der Waals surface area contributed by atoms with Crippen molar-refractivity contribution >= 4 is 58.1 Å². The van der Waals surface area contributed by atoms with Gasteiger partial charge < -0.3 is 24.6 Å². The average Bonchev–Trinajstić information content (AvgIpc) is 3.45. The van der Waals surface area contributed by atoms with E-state index in [1.54, 1.807) is 46.2 Å². The lowest BCUT2D eigenvalue weighted by atomic mass is 10.1. The van der Waals surface area contributed by atoms with Gasteiger partial charge in [-0.2, -0.15) is 0 Å². The van der Waals surface area contributed by atoms with Crippen molar-refractivity contribution in [3.63, 3.8) is 0 Å². The average molecular weight is 504 g/mol. The molecule has 180 valence electrons. The second-order valence-electron chi connectivity index (χ2n) is 7.93. The van der Waals surface area contributed by atoms with Gasteiger partial charge >= 0.3 is 0 Å². The number of anilines is 2. The minimum absolute atomic E-state index is 0.0685. The number of nitrogens with zero attached hydrogens (tertiary/aromatic N) is 2. The minimum Gasteiger partial charge on any atom is -0.377 e. The van der Waals surface area contributed by atoms with E-state index in [0.717, 1.165) is 10.6 Å². The summed E-state index contributed by atoms with van der Waals surface area (Å²) in [5, 5.41) is 2.89. The van der Waals surface area contributed by atoms with Crippen LogP contribution in [0.4, 0.5) is 11.4 Å². The molecule has 0 aliphatic carbocycles. The van der Waals surface area contributed by atoms with Gasteiger partial charge in [0.15, 0.2) is 0 Å². The molecule has 0 radical (unpaired) electrons. The van der Waals surface area contributed by atoms with Crippen molar-refractivity contribution in [1.29, 1.82) is 0 Å². The molecule has 1 aromatic carbocycles. The summed E-state index contributed by atoms with van der Waals surface area (Å²) in [6.45, 7) is 3.79. The van der Waals surface area contributed by atoms with Crippen LogP contribution in [0, 0.1) is 0 Å². The Morgan fingerprint density at radius 2 is 2.06 bits per heavy atom. The van der Waals surface area contributed by atoms with Crippen LogP contribution >= 0.6 is 22.9 Å². The zero-order valence-corrected chi connectivity index (χ0v) is 20.3. The molecule has 0 bridgehead atoms. The molecule has 2 atom stereocenters. The number of nitrogens with one attached hydrogen (secondary N) is 1. The summed E-state index contributed by atoms with van der Waals surface area (Å²) in [5.74, 6) is -0.630. The molecule has 0 saturated carbocycles. The zero-order valence-electron chi connectivity index (χ0n) is 18.7. The van der Waals surface area contributed by atoms with E-state index in [2.05, 4.69) is 5.32 Å². The molecule has 2 aromatic rings. The van der Waals surface area contributed by atoms with Gasteiger partial charge in [0, 0.05) is 48.4 Å². The summed E-state index contributed by atoms with van der Waals surface area (Å²) in [4.78, 5) is 42.1. The van der Waals surface area contributed by atoms with Crippen molar-refractivity contribution in [2.75, 3.05) is 43.1 Å². The molecule has 3 heterocycles. The van der Waals surface area contributed by atoms with Crippen LogP contribution in [0.3, 0.4) is 0 Å². The highest BCUT2D eigenvalue weighted by atomic mass is 35.5. The van der Waals surface area contributed by atoms with Gasteiger partial charge in [0.05, 0.1) is 17.0 Å². The third kappa shape index (κ3) is 5.85. The molecule has 0 spiro atoms. The van der Waals surface area contributed by atoms with Gasteiger partial charge in [-0.05, 0) is 49.4 Å². The largest absolute Gasteiger partial charge is 0.377 e. The Morgan fingerprint density at radius 1 is 1.26 bits per heavy atom. The molecule has 1 N–H and O–H groups in total. The summed E-state index contributed by atoms with van der Waals surface area (Å²) < 4.78 is 11.5. The second kappa shape index (κ2) is 11.1. The van der Waals surface area contributed by atoms with E-state index in [-0.39, 0.29) is 30.4 Å². The quantitative estimate of drug-likeness (QED) is 0.585. The number of carbonyl (C=O) groups is 3. The number of rotatable bonds is 7. The van der Waals surface area contributed by atoms with Gasteiger partial charge in [-0.1, -0.05) is 11.6 Å². The molecule has 34 heavy (non-hydrogen) atoms. The Balaban J connectivity index is 1.43. The fraction of sp³-hybridized carbons (Fsp3) is 0.375. The molecular formula is C24H26ClN3O5S. The SMILES string of the molecule is CCO[C@@H]1C[C@H](C(=O)Nc2ccc(N3CCOCC3=O)cc2)N(C(=O)/C=C/c2ccc(Cl)s2)C1. The number of likely N-dealkylation sites (tertiary alicyclic amines) is 1. The molecule has 2 saturated heterocycles. The van der Waals surface area contributed by atoms with Crippen LogP contribution in [0.1, 0.15) is 18.2 Å². The molecule has 1 aromatic heterocycles. The van der Waals surface area contributed by atoms with E-state index in [4.69, 9.17) is 21.1 Å². The van der Waals surface area contributed by atoms with Crippen LogP contribution in [-0.4, -0.2) is 67.7 Å². The van der Waals surface area contributed by atoms with E-state index in [9.17, 15) is 14.4 Å². The monoisotopic (exact) mass is 503 g/mol. The number of carbonyl (C=O) groups excluding carboxylic acids is 3. The Bertz CT molecular complexity index is 1070. The maximum absolute atomic E-state index is 13.1. The molecule has 10 heteroatoms. The number of hydrogen-bond donors (Lipinski definition) is 1. The zero-order chi connectivity index (χ0) is 24.1.